The molecule has 0 saturated heterocycles. The van der Waals surface area contributed by atoms with E-state index in [4.69, 9.17) is 4.74 Å². The Morgan fingerprint density at radius 3 is 1.69 bits per heavy atom. The molecular formula is C9H17FO6. The molecule has 0 aromatic heterocycles. The number of aliphatic hydroxyl groups is 5. The zero-order valence-corrected chi connectivity index (χ0v) is 8.61. The van der Waals surface area contributed by atoms with E-state index in [9.17, 15) is 29.9 Å². The Balaban J connectivity index is 2.60. The molecule has 1 aliphatic rings. The number of hydrogen-bond donors (Lipinski definition) is 5. The van der Waals surface area contributed by atoms with Gasteiger partial charge in [0.15, 0.2) is 0 Å². The lowest BCUT2D eigenvalue weighted by Crippen LogP contribution is -2.64. The van der Waals surface area contributed by atoms with E-state index in [1.807, 2.05) is 0 Å². The van der Waals surface area contributed by atoms with Gasteiger partial charge in [0.05, 0.1) is 6.67 Å². The van der Waals surface area contributed by atoms with Crippen molar-refractivity contribution in [3.63, 3.8) is 0 Å². The summed E-state index contributed by atoms with van der Waals surface area (Å²) in [6.07, 6.45) is -9.03. The summed E-state index contributed by atoms with van der Waals surface area (Å²) < 4.78 is 16.8. The van der Waals surface area contributed by atoms with Crippen LogP contribution < -0.4 is 0 Å². The number of ether oxygens (including phenoxy) is 1. The minimum atomic E-state index is -1.63. The van der Waals surface area contributed by atoms with Gasteiger partial charge in [0, 0.05) is 6.61 Å². The van der Waals surface area contributed by atoms with Crippen molar-refractivity contribution in [3.8, 4) is 0 Å². The highest BCUT2D eigenvalue weighted by Crippen LogP contribution is 2.23. The third kappa shape index (κ3) is 2.68. The van der Waals surface area contributed by atoms with Gasteiger partial charge in [-0.3, -0.25) is 4.39 Å². The Bertz CT molecular complexity index is 200. The number of halogens is 1. The Hall–Kier alpha value is -0.310. The molecule has 0 amide bonds. The van der Waals surface area contributed by atoms with Crippen LogP contribution in [-0.2, 0) is 4.74 Å². The zero-order valence-electron chi connectivity index (χ0n) is 8.61. The van der Waals surface area contributed by atoms with Crippen molar-refractivity contribution >= 4 is 0 Å². The maximum absolute atomic E-state index is 11.8. The van der Waals surface area contributed by atoms with Crippen molar-refractivity contribution in [2.45, 2.75) is 43.0 Å². The van der Waals surface area contributed by atoms with E-state index >= 15 is 0 Å². The minimum absolute atomic E-state index is 0.0508. The van der Waals surface area contributed by atoms with Crippen molar-refractivity contribution in [1.29, 1.82) is 0 Å². The van der Waals surface area contributed by atoms with Crippen molar-refractivity contribution < 1.29 is 34.7 Å². The summed E-state index contributed by atoms with van der Waals surface area (Å²) in [4.78, 5) is 0. The molecule has 0 radical (unpaired) electrons. The summed E-state index contributed by atoms with van der Waals surface area (Å²) >= 11 is 0. The van der Waals surface area contributed by atoms with E-state index < -0.39 is 43.3 Å². The van der Waals surface area contributed by atoms with E-state index in [-0.39, 0.29) is 13.0 Å². The molecule has 0 heterocycles. The Labute approximate surface area is 91.9 Å². The van der Waals surface area contributed by atoms with Gasteiger partial charge in [-0.25, -0.2) is 0 Å². The SMILES string of the molecule is OC1C(O)C(O)C(OCCCF)C(O)C1O. The van der Waals surface area contributed by atoms with Crippen LogP contribution in [0.1, 0.15) is 6.42 Å². The summed E-state index contributed by atoms with van der Waals surface area (Å²) in [5.41, 5.74) is 0. The maximum atomic E-state index is 11.8. The molecule has 5 N–H and O–H groups in total. The molecule has 4 atom stereocenters. The highest BCUT2D eigenvalue weighted by atomic mass is 19.1. The van der Waals surface area contributed by atoms with E-state index in [1.165, 1.54) is 0 Å². The molecule has 4 unspecified atom stereocenters. The predicted octanol–water partition coefficient (Wildman–Crippen LogP) is -2.45. The van der Waals surface area contributed by atoms with Gasteiger partial charge in [0.2, 0.25) is 0 Å². The lowest BCUT2D eigenvalue weighted by Gasteiger charge is -2.41. The van der Waals surface area contributed by atoms with Crippen LogP contribution in [0.2, 0.25) is 0 Å². The molecular weight excluding hydrogens is 223 g/mol. The van der Waals surface area contributed by atoms with Gasteiger partial charge in [0.1, 0.15) is 36.6 Å². The Morgan fingerprint density at radius 2 is 1.25 bits per heavy atom. The van der Waals surface area contributed by atoms with Crippen LogP contribution in [-0.4, -0.2) is 75.4 Å². The van der Waals surface area contributed by atoms with Crippen LogP contribution in [0.15, 0.2) is 0 Å². The predicted molar refractivity (Wildman–Crippen MR) is 50.4 cm³/mol. The Kier molecular flexibility index (Phi) is 5.03. The van der Waals surface area contributed by atoms with E-state index in [0.717, 1.165) is 0 Å². The fourth-order valence-electron chi connectivity index (χ4n) is 1.67. The maximum Gasteiger partial charge on any atom is 0.114 e. The zero-order chi connectivity index (χ0) is 12.3. The van der Waals surface area contributed by atoms with E-state index in [0.29, 0.717) is 0 Å². The molecule has 0 aromatic rings. The molecule has 0 aromatic carbocycles. The first-order chi connectivity index (χ1) is 7.50. The van der Waals surface area contributed by atoms with Crippen molar-refractivity contribution in [2.75, 3.05) is 13.3 Å². The third-order valence-corrected chi connectivity index (χ3v) is 2.66. The summed E-state index contributed by atoms with van der Waals surface area (Å²) in [6, 6.07) is 0. The number of aliphatic hydroxyl groups excluding tert-OH is 5. The van der Waals surface area contributed by atoms with Crippen LogP contribution in [0.25, 0.3) is 0 Å². The summed E-state index contributed by atoms with van der Waals surface area (Å²) in [5.74, 6) is 0. The molecule has 96 valence electrons. The van der Waals surface area contributed by atoms with Crippen LogP contribution in [0, 0.1) is 0 Å². The van der Waals surface area contributed by atoms with Gasteiger partial charge >= 0.3 is 0 Å². The van der Waals surface area contributed by atoms with Gasteiger partial charge in [-0.2, -0.15) is 0 Å². The van der Waals surface area contributed by atoms with E-state index in [1.54, 1.807) is 0 Å². The smallest absolute Gasteiger partial charge is 0.114 e. The second-order valence-corrected chi connectivity index (χ2v) is 3.83. The second kappa shape index (κ2) is 5.85. The molecule has 0 bridgehead atoms. The first-order valence-corrected chi connectivity index (χ1v) is 5.08. The molecule has 1 saturated carbocycles. The number of hydrogen-bond acceptors (Lipinski definition) is 6. The molecule has 0 aliphatic heterocycles. The van der Waals surface area contributed by atoms with Crippen LogP contribution in [0.3, 0.4) is 0 Å². The second-order valence-electron chi connectivity index (χ2n) is 3.83. The molecule has 7 heteroatoms. The fourth-order valence-corrected chi connectivity index (χ4v) is 1.67. The van der Waals surface area contributed by atoms with Gasteiger partial charge in [-0.05, 0) is 6.42 Å². The third-order valence-electron chi connectivity index (χ3n) is 2.66. The summed E-state index contributed by atoms with van der Waals surface area (Å²) in [7, 11) is 0. The standard InChI is InChI=1S/C9H17FO6/c10-2-1-3-16-9-7(14)5(12)4(11)6(13)8(9)15/h4-9,11-15H,1-3H2. The Morgan fingerprint density at radius 1 is 0.812 bits per heavy atom. The molecule has 1 fully saturated rings. The summed E-state index contributed by atoms with van der Waals surface area (Å²) in [5, 5.41) is 46.9. The van der Waals surface area contributed by atoms with Crippen LogP contribution >= 0.6 is 0 Å². The lowest BCUT2D eigenvalue weighted by molar-refractivity contribution is -0.235. The monoisotopic (exact) mass is 240 g/mol. The quantitative estimate of drug-likeness (QED) is 0.349. The van der Waals surface area contributed by atoms with Gasteiger partial charge in [-0.15, -0.1) is 0 Å². The molecule has 6 nitrogen and oxygen atoms in total. The van der Waals surface area contributed by atoms with Crippen molar-refractivity contribution in [1.82, 2.24) is 0 Å². The highest BCUT2D eigenvalue weighted by molar-refractivity contribution is 4.99. The first-order valence-electron chi connectivity index (χ1n) is 5.08. The van der Waals surface area contributed by atoms with Crippen LogP contribution in [0.4, 0.5) is 4.39 Å². The molecule has 1 rings (SSSR count). The highest BCUT2D eigenvalue weighted by Gasteiger charge is 2.48. The fraction of sp³-hybridized carbons (Fsp3) is 1.00. The molecule has 1 aliphatic carbocycles. The van der Waals surface area contributed by atoms with Crippen molar-refractivity contribution in [2.24, 2.45) is 0 Å². The summed E-state index contributed by atoms with van der Waals surface area (Å²) in [6.45, 7) is -0.655. The largest absolute Gasteiger partial charge is 0.387 e. The van der Waals surface area contributed by atoms with E-state index in [2.05, 4.69) is 0 Å². The van der Waals surface area contributed by atoms with Crippen LogP contribution in [0.5, 0.6) is 0 Å². The first kappa shape index (κ1) is 13.8. The lowest BCUT2D eigenvalue weighted by atomic mass is 9.85. The number of alkyl halides is 1. The van der Waals surface area contributed by atoms with Gasteiger partial charge in [-0.1, -0.05) is 0 Å². The minimum Gasteiger partial charge on any atom is -0.387 e. The molecule has 0 spiro atoms. The average Bonchev–Trinajstić information content (AvgIpc) is 2.28. The number of rotatable bonds is 4. The topological polar surface area (TPSA) is 110 Å². The van der Waals surface area contributed by atoms with Gasteiger partial charge in [0.25, 0.3) is 0 Å². The normalized spacial score (nSPS) is 44.6. The average molecular weight is 240 g/mol. The van der Waals surface area contributed by atoms with Gasteiger partial charge < -0.3 is 30.3 Å². The molecule has 16 heavy (non-hydrogen) atoms. The van der Waals surface area contributed by atoms with Crippen molar-refractivity contribution in [3.05, 3.63) is 0 Å².